The van der Waals surface area contributed by atoms with Crippen LogP contribution in [0.1, 0.15) is 17.5 Å². The van der Waals surface area contributed by atoms with E-state index in [9.17, 15) is 8.42 Å². The second kappa shape index (κ2) is 9.86. The Kier molecular flexibility index (Phi) is 8.48. The zero-order chi connectivity index (χ0) is 15.6. The van der Waals surface area contributed by atoms with Gasteiger partial charge in [-0.05, 0) is 17.5 Å². The minimum atomic E-state index is -3.31. The Morgan fingerprint density at radius 2 is 1.76 bits per heavy atom. The molecule has 0 saturated carbocycles. The SMILES string of the molecule is COCCOCCCNS(=O)(=O)Cc1ccc(CN)cc1. The van der Waals surface area contributed by atoms with Crippen LogP contribution < -0.4 is 10.5 Å². The van der Waals surface area contributed by atoms with Crippen molar-refractivity contribution in [1.82, 2.24) is 4.72 Å². The first kappa shape index (κ1) is 18.1. The van der Waals surface area contributed by atoms with Gasteiger partial charge in [-0.2, -0.15) is 0 Å². The Morgan fingerprint density at radius 1 is 1.10 bits per heavy atom. The zero-order valence-electron chi connectivity index (χ0n) is 12.4. The van der Waals surface area contributed by atoms with Gasteiger partial charge in [0, 0.05) is 26.8 Å². The van der Waals surface area contributed by atoms with Gasteiger partial charge in [-0.15, -0.1) is 0 Å². The quantitative estimate of drug-likeness (QED) is 0.584. The maximum Gasteiger partial charge on any atom is 0.215 e. The number of ether oxygens (including phenoxy) is 2. The average Bonchev–Trinajstić information content (AvgIpc) is 2.46. The second-order valence-corrected chi connectivity index (χ2v) is 6.44. The van der Waals surface area contributed by atoms with Crippen LogP contribution >= 0.6 is 0 Å². The number of hydrogen-bond acceptors (Lipinski definition) is 5. The number of hydrogen-bond donors (Lipinski definition) is 2. The van der Waals surface area contributed by atoms with Gasteiger partial charge in [0.05, 0.1) is 19.0 Å². The van der Waals surface area contributed by atoms with Gasteiger partial charge in [0.25, 0.3) is 0 Å². The van der Waals surface area contributed by atoms with Crippen LogP contribution in [0.25, 0.3) is 0 Å². The molecule has 0 saturated heterocycles. The van der Waals surface area contributed by atoms with Gasteiger partial charge in [0.2, 0.25) is 10.0 Å². The molecule has 0 aliphatic heterocycles. The number of methoxy groups -OCH3 is 1. The Morgan fingerprint density at radius 3 is 2.38 bits per heavy atom. The van der Waals surface area contributed by atoms with Crippen LogP contribution in [0.4, 0.5) is 0 Å². The summed E-state index contributed by atoms with van der Waals surface area (Å²) in [6.07, 6.45) is 0.634. The van der Waals surface area contributed by atoms with Gasteiger partial charge in [-0.25, -0.2) is 13.1 Å². The van der Waals surface area contributed by atoms with E-state index >= 15 is 0 Å². The average molecular weight is 316 g/mol. The largest absolute Gasteiger partial charge is 0.382 e. The summed E-state index contributed by atoms with van der Waals surface area (Å²) in [5.41, 5.74) is 7.23. The maximum absolute atomic E-state index is 11.9. The highest BCUT2D eigenvalue weighted by Crippen LogP contribution is 2.07. The van der Waals surface area contributed by atoms with Crippen molar-refractivity contribution >= 4 is 10.0 Å². The van der Waals surface area contributed by atoms with Crippen molar-refractivity contribution in [3.63, 3.8) is 0 Å². The minimum absolute atomic E-state index is 0.0254. The van der Waals surface area contributed by atoms with E-state index in [0.29, 0.717) is 39.3 Å². The van der Waals surface area contributed by atoms with E-state index in [4.69, 9.17) is 15.2 Å². The fraction of sp³-hybridized carbons (Fsp3) is 0.571. The number of nitrogens with two attached hydrogens (primary N) is 1. The summed E-state index contributed by atoms with van der Waals surface area (Å²) >= 11 is 0. The predicted octanol–water partition coefficient (Wildman–Crippen LogP) is 0.618. The standard InChI is InChI=1S/C14H24N2O4S/c1-19-9-10-20-8-2-7-16-21(17,18)12-14-5-3-13(11-15)4-6-14/h3-6,16H,2,7-12,15H2,1H3. The summed E-state index contributed by atoms with van der Waals surface area (Å²) in [6, 6.07) is 7.26. The van der Waals surface area contributed by atoms with Gasteiger partial charge in [0.15, 0.2) is 0 Å². The van der Waals surface area contributed by atoms with Crippen molar-refractivity contribution in [2.45, 2.75) is 18.7 Å². The lowest BCUT2D eigenvalue weighted by Crippen LogP contribution is -2.27. The van der Waals surface area contributed by atoms with Crippen molar-refractivity contribution in [3.8, 4) is 0 Å². The highest BCUT2D eigenvalue weighted by Gasteiger charge is 2.10. The maximum atomic E-state index is 11.9. The third kappa shape index (κ3) is 8.13. The smallest absolute Gasteiger partial charge is 0.215 e. The normalized spacial score (nSPS) is 11.7. The minimum Gasteiger partial charge on any atom is -0.382 e. The van der Waals surface area contributed by atoms with Crippen LogP contribution in [0.15, 0.2) is 24.3 Å². The molecule has 0 aliphatic rings. The number of benzene rings is 1. The molecule has 120 valence electrons. The summed E-state index contributed by atoms with van der Waals surface area (Å²) in [4.78, 5) is 0. The van der Waals surface area contributed by atoms with Gasteiger partial charge in [-0.1, -0.05) is 24.3 Å². The predicted molar refractivity (Wildman–Crippen MR) is 82.3 cm³/mol. The van der Waals surface area contributed by atoms with Gasteiger partial charge < -0.3 is 15.2 Å². The van der Waals surface area contributed by atoms with Gasteiger partial charge >= 0.3 is 0 Å². The van der Waals surface area contributed by atoms with E-state index in [1.807, 2.05) is 12.1 Å². The van der Waals surface area contributed by atoms with Crippen molar-refractivity contribution in [2.24, 2.45) is 5.73 Å². The number of rotatable bonds is 11. The molecule has 6 nitrogen and oxygen atoms in total. The van der Waals surface area contributed by atoms with Crippen molar-refractivity contribution in [3.05, 3.63) is 35.4 Å². The topological polar surface area (TPSA) is 90.6 Å². The molecule has 0 unspecified atom stereocenters. The van der Waals surface area contributed by atoms with E-state index in [2.05, 4.69) is 4.72 Å². The fourth-order valence-electron chi connectivity index (χ4n) is 1.69. The number of sulfonamides is 1. The molecule has 0 heterocycles. The molecule has 0 spiro atoms. The monoisotopic (exact) mass is 316 g/mol. The summed E-state index contributed by atoms with van der Waals surface area (Å²) < 4.78 is 36.5. The third-order valence-corrected chi connectivity index (χ3v) is 4.19. The summed E-state index contributed by atoms with van der Waals surface area (Å²) in [5, 5.41) is 0. The Hall–Kier alpha value is -0.990. The third-order valence-electron chi connectivity index (χ3n) is 2.83. The van der Waals surface area contributed by atoms with E-state index in [1.165, 1.54) is 0 Å². The Labute approximate surface area is 126 Å². The molecular weight excluding hydrogens is 292 g/mol. The summed E-state index contributed by atoms with van der Waals surface area (Å²) in [6.45, 7) is 2.41. The molecule has 0 aliphatic carbocycles. The molecule has 0 aromatic heterocycles. The zero-order valence-corrected chi connectivity index (χ0v) is 13.2. The van der Waals surface area contributed by atoms with Crippen LogP contribution in [0.2, 0.25) is 0 Å². The molecule has 0 fully saturated rings. The lowest BCUT2D eigenvalue weighted by atomic mass is 10.1. The molecule has 0 atom stereocenters. The first-order valence-electron chi connectivity index (χ1n) is 6.89. The lowest BCUT2D eigenvalue weighted by molar-refractivity contribution is 0.0699. The summed E-state index contributed by atoms with van der Waals surface area (Å²) in [7, 11) is -1.70. The first-order valence-corrected chi connectivity index (χ1v) is 8.54. The van der Waals surface area contributed by atoms with Gasteiger partial charge in [0.1, 0.15) is 0 Å². The molecule has 1 aromatic rings. The Bertz CT molecular complexity index is 488. The highest BCUT2D eigenvalue weighted by molar-refractivity contribution is 7.88. The van der Waals surface area contributed by atoms with E-state index in [1.54, 1.807) is 19.2 Å². The molecule has 1 aromatic carbocycles. The number of nitrogens with one attached hydrogen (secondary N) is 1. The fourth-order valence-corrected chi connectivity index (χ4v) is 2.88. The molecule has 0 bridgehead atoms. The molecule has 3 N–H and O–H groups in total. The van der Waals surface area contributed by atoms with Crippen molar-refractivity contribution < 1.29 is 17.9 Å². The molecule has 21 heavy (non-hydrogen) atoms. The molecule has 1 rings (SSSR count). The van der Waals surface area contributed by atoms with Gasteiger partial charge in [-0.3, -0.25) is 0 Å². The van der Waals surface area contributed by atoms with Crippen molar-refractivity contribution in [2.75, 3.05) is 33.5 Å². The van der Waals surface area contributed by atoms with Crippen LogP contribution in [0.3, 0.4) is 0 Å². The lowest BCUT2D eigenvalue weighted by Gasteiger charge is -2.08. The summed E-state index contributed by atoms with van der Waals surface area (Å²) in [5.74, 6) is -0.0254. The van der Waals surface area contributed by atoms with E-state index in [0.717, 1.165) is 11.1 Å². The van der Waals surface area contributed by atoms with E-state index in [-0.39, 0.29) is 5.75 Å². The van der Waals surface area contributed by atoms with Crippen LogP contribution in [0, 0.1) is 0 Å². The molecular formula is C14H24N2O4S. The molecule has 0 radical (unpaired) electrons. The first-order chi connectivity index (χ1) is 10.1. The van der Waals surface area contributed by atoms with Crippen LogP contribution in [0.5, 0.6) is 0 Å². The van der Waals surface area contributed by atoms with Crippen molar-refractivity contribution in [1.29, 1.82) is 0 Å². The van der Waals surface area contributed by atoms with Crippen LogP contribution in [-0.2, 0) is 31.8 Å². The second-order valence-electron chi connectivity index (χ2n) is 4.63. The molecule has 7 heteroatoms. The van der Waals surface area contributed by atoms with Crippen LogP contribution in [-0.4, -0.2) is 41.9 Å². The molecule has 0 amide bonds. The Balaban J connectivity index is 2.26. The highest BCUT2D eigenvalue weighted by atomic mass is 32.2. The van der Waals surface area contributed by atoms with E-state index < -0.39 is 10.0 Å².